The zero-order valence-electron chi connectivity index (χ0n) is 19.2. The number of aliphatic carboxylic acids is 1. The van der Waals surface area contributed by atoms with Crippen molar-refractivity contribution >= 4 is 28.7 Å². The summed E-state index contributed by atoms with van der Waals surface area (Å²) in [4.78, 5) is 25.5. The second-order valence-corrected chi connectivity index (χ2v) is 8.76. The number of hydrogen-bond acceptors (Lipinski definition) is 5. The van der Waals surface area contributed by atoms with E-state index < -0.39 is 17.7 Å². The molecule has 0 bridgehead atoms. The van der Waals surface area contributed by atoms with Crippen molar-refractivity contribution in [2.75, 3.05) is 6.54 Å². The van der Waals surface area contributed by atoms with E-state index in [-0.39, 0.29) is 12.0 Å². The minimum Gasteiger partial charge on any atom is -0.481 e. The summed E-state index contributed by atoms with van der Waals surface area (Å²) in [5.41, 5.74) is 3.57. The van der Waals surface area contributed by atoms with Crippen molar-refractivity contribution in [1.29, 1.82) is 0 Å². The van der Waals surface area contributed by atoms with E-state index in [9.17, 15) is 14.0 Å². The average molecular weight is 472 g/mol. The Bertz CT molecular complexity index is 1050. The molecule has 8 heteroatoms. The van der Waals surface area contributed by atoms with Crippen LogP contribution in [0.15, 0.2) is 53.1 Å². The standard InChI is InChI=1S/C25H30FN3O3S/c1-5-6-13-29(25(32)21-9-7-8-10-22(21)26)18(4)33-24(28-27)19-14-16(2)20(17(3)15-19)11-12-23(30)31/h7-10,14-15H,4-6,11-13,27H2,1-3H3,(H,30,31)/b28-24-. The molecule has 2 aromatic carbocycles. The van der Waals surface area contributed by atoms with Crippen molar-refractivity contribution in [2.45, 2.75) is 46.5 Å². The van der Waals surface area contributed by atoms with Gasteiger partial charge in [-0.15, -0.1) is 0 Å². The van der Waals surface area contributed by atoms with Crippen LogP contribution in [0.4, 0.5) is 4.39 Å². The summed E-state index contributed by atoms with van der Waals surface area (Å²) in [5.74, 6) is 3.79. The highest BCUT2D eigenvalue weighted by Gasteiger charge is 2.23. The Balaban J connectivity index is 2.29. The fraction of sp³-hybridized carbons (Fsp3) is 0.320. The largest absolute Gasteiger partial charge is 0.481 e. The number of thioether (sulfide) groups is 1. The number of carbonyl (C=O) groups excluding carboxylic acids is 1. The molecule has 176 valence electrons. The number of rotatable bonds is 10. The zero-order valence-corrected chi connectivity index (χ0v) is 20.0. The van der Waals surface area contributed by atoms with Crippen molar-refractivity contribution in [1.82, 2.24) is 4.90 Å². The van der Waals surface area contributed by atoms with Gasteiger partial charge < -0.3 is 15.8 Å². The van der Waals surface area contributed by atoms with Gasteiger partial charge in [0.1, 0.15) is 10.9 Å². The Morgan fingerprint density at radius 3 is 2.39 bits per heavy atom. The quantitative estimate of drug-likeness (QED) is 0.214. The van der Waals surface area contributed by atoms with Crippen LogP contribution in [0.2, 0.25) is 0 Å². The van der Waals surface area contributed by atoms with Crippen LogP contribution < -0.4 is 5.84 Å². The van der Waals surface area contributed by atoms with Gasteiger partial charge in [0.05, 0.1) is 10.6 Å². The van der Waals surface area contributed by atoms with Crippen LogP contribution in [0.3, 0.4) is 0 Å². The highest BCUT2D eigenvalue weighted by atomic mass is 32.2. The number of carboxylic acid groups (broad SMARTS) is 1. The third kappa shape index (κ3) is 6.92. The Kier molecular flexibility index (Phi) is 9.66. The summed E-state index contributed by atoms with van der Waals surface area (Å²) >= 11 is 1.15. The number of amides is 1. The molecule has 0 saturated heterocycles. The summed E-state index contributed by atoms with van der Waals surface area (Å²) in [6.07, 6.45) is 2.07. The molecule has 0 unspecified atom stereocenters. The number of carbonyl (C=O) groups is 2. The van der Waals surface area contributed by atoms with E-state index in [0.717, 1.165) is 46.9 Å². The molecule has 0 atom stereocenters. The van der Waals surface area contributed by atoms with Crippen LogP contribution in [0.1, 0.15) is 58.8 Å². The first-order valence-electron chi connectivity index (χ1n) is 10.7. The molecule has 0 aliphatic rings. The maximum Gasteiger partial charge on any atom is 0.303 e. The van der Waals surface area contributed by atoms with Crippen molar-refractivity contribution < 1.29 is 19.1 Å². The second-order valence-electron chi connectivity index (χ2n) is 7.70. The van der Waals surface area contributed by atoms with Crippen LogP contribution in [-0.2, 0) is 11.2 Å². The van der Waals surface area contributed by atoms with Crippen LogP contribution in [0, 0.1) is 19.7 Å². The SMILES string of the molecule is C=C(S/C(=N\N)c1cc(C)c(CCC(=O)O)c(C)c1)N(CCCC)C(=O)c1ccccc1F. The number of nitrogens with zero attached hydrogens (tertiary/aromatic N) is 2. The fourth-order valence-electron chi connectivity index (χ4n) is 3.51. The number of nitrogens with two attached hydrogens (primary N) is 1. The Morgan fingerprint density at radius 1 is 1.21 bits per heavy atom. The van der Waals surface area contributed by atoms with Crippen molar-refractivity contribution in [3.05, 3.63) is 81.6 Å². The molecule has 33 heavy (non-hydrogen) atoms. The summed E-state index contributed by atoms with van der Waals surface area (Å²) in [6.45, 7) is 10.3. The van der Waals surface area contributed by atoms with E-state index in [1.165, 1.54) is 23.1 Å². The Morgan fingerprint density at radius 2 is 1.85 bits per heavy atom. The predicted molar refractivity (Wildman–Crippen MR) is 132 cm³/mol. The highest BCUT2D eigenvalue weighted by Crippen LogP contribution is 2.28. The van der Waals surface area contributed by atoms with Crippen LogP contribution in [-0.4, -0.2) is 33.5 Å². The van der Waals surface area contributed by atoms with E-state index in [0.29, 0.717) is 23.0 Å². The lowest BCUT2D eigenvalue weighted by Crippen LogP contribution is -2.31. The maximum absolute atomic E-state index is 14.3. The number of unbranched alkanes of at least 4 members (excludes halogenated alkanes) is 1. The number of hydrazone groups is 1. The van der Waals surface area contributed by atoms with Crippen LogP contribution in [0.25, 0.3) is 0 Å². The first kappa shape index (κ1) is 26.1. The molecule has 0 heterocycles. The molecule has 0 fully saturated rings. The van der Waals surface area contributed by atoms with E-state index in [4.69, 9.17) is 10.9 Å². The molecule has 1 amide bonds. The summed E-state index contributed by atoms with van der Waals surface area (Å²) < 4.78 is 14.3. The van der Waals surface area contributed by atoms with Crippen LogP contribution in [0.5, 0.6) is 0 Å². The van der Waals surface area contributed by atoms with Gasteiger partial charge in [0.15, 0.2) is 0 Å². The highest BCUT2D eigenvalue weighted by molar-refractivity contribution is 8.17. The van der Waals surface area contributed by atoms with Crippen LogP contribution >= 0.6 is 11.8 Å². The Labute approximate surface area is 198 Å². The number of aryl methyl sites for hydroxylation is 2. The molecule has 0 aliphatic heterocycles. The zero-order chi connectivity index (χ0) is 24.5. The summed E-state index contributed by atoms with van der Waals surface area (Å²) in [5, 5.41) is 13.8. The molecule has 6 nitrogen and oxygen atoms in total. The van der Waals surface area contributed by atoms with Gasteiger partial charge in [0.25, 0.3) is 5.91 Å². The monoisotopic (exact) mass is 471 g/mol. The number of hydrogen-bond donors (Lipinski definition) is 2. The molecular weight excluding hydrogens is 441 g/mol. The fourth-order valence-corrected chi connectivity index (χ4v) is 4.30. The number of halogens is 1. The molecule has 0 radical (unpaired) electrons. The van der Waals surface area contributed by atoms with Gasteiger partial charge in [-0.25, -0.2) is 4.39 Å². The number of benzene rings is 2. The molecule has 0 aromatic heterocycles. The molecule has 2 rings (SSSR count). The minimum absolute atomic E-state index is 0.0175. The molecular formula is C25H30FN3O3S. The first-order chi connectivity index (χ1) is 15.7. The van der Waals surface area contributed by atoms with E-state index in [2.05, 4.69) is 11.7 Å². The van der Waals surface area contributed by atoms with Crippen molar-refractivity contribution in [2.24, 2.45) is 10.9 Å². The third-order valence-electron chi connectivity index (χ3n) is 5.25. The summed E-state index contributed by atoms with van der Waals surface area (Å²) in [6, 6.07) is 9.65. The first-order valence-corrected chi connectivity index (χ1v) is 11.5. The lowest BCUT2D eigenvalue weighted by atomic mass is 9.96. The molecule has 0 aliphatic carbocycles. The maximum atomic E-state index is 14.3. The van der Waals surface area contributed by atoms with E-state index in [1.807, 2.05) is 32.9 Å². The van der Waals surface area contributed by atoms with E-state index >= 15 is 0 Å². The Hall–Kier alpha value is -3.13. The van der Waals surface area contributed by atoms with Crippen molar-refractivity contribution in [3.8, 4) is 0 Å². The topological polar surface area (TPSA) is 96.0 Å². The second kappa shape index (κ2) is 12.2. The van der Waals surface area contributed by atoms with Gasteiger partial charge in [0, 0.05) is 18.5 Å². The normalized spacial score (nSPS) is 11.3. The molecule has 2 aromatic rings. The lowest BCUT2D eigenvalue weighted by Gasteiger charge is -2.25. The van der Waals surface area contributed by atoms with Gasteiger partial charge in [-0.2, -0.15) is 5.10 Å². The molecule has 0 spiro atoms. The average Bonchev–Trinajstić information content (AvgIpc) is 2.76. The third-order valence-corrected chi connectivity index (χ3v) is 6.24. The van der Waals surface area contributed by atoms with Gasteiger partial charge in [-0.05, 0) is 67.6 Å². The molecule has 0 saturated carbocycles. The summed E-state index contributed by atoms with van der Waals surface area (Å²) in [7, 11) is 0. The van der Waals surface area contributed by atoms with Gasteiger partial charge >= 0.3 is 5.97 Å². The predicted octanol–water partition coefficient (Wildman–Crippen LogP) is 5.23. The van der Waals surface area contributed by atoms with Crippen molar-refractivity contribution in [3.63, 3.8) is 0 Å². The molecule has 3 N–H and O–H groups in total. The number of carboxylic acids is 1. The van der Waals surface area contributed by atoms with Gasteiger partial charge in [-0.1, -0.05) is 43.8 Å². The van der Waals surface area contributed by atoms with Gasteiger partial charge in [-0.3, -0.25) is 9.59 Å². The smallest absolute Gasteiger partial charge is 0.303 e. The lowest BCUT2D eigenvalue weighted by molar-refractivity contribution is -0.136. The minimum atomic E-state index is -0.847. The van der Waals surface area contributed by atoms with E-state index in [1.54, 1.807) is 6.07 Å². The van der Waals surface area contributed by atoms with Gasteiger partial charge in [0.2, 0.25) is 0 Å².